The zero-order valence-electron chi connectivity index (χ0n) is 16.7. The van der Waals surface area contributed by atoms with E-state index in [9.17, 15) is 13.2 Å². The number of aromatic nitrogens is 3. The van der Waals surface area contributed by atoms with E-state index in [1.54, 1.807) is 29.7 Å². The van der Waals surface area contributed by atoms with Crippen LogP contribution in [0.1, 0.15) is 47.9 Å². The Morgan fingerprint density at radius 2 is 1.97 bits per heavy atom. The van der Waals surface area contributed by atoms with Gasteiger partial charge in [0, 0.05) is 16.2 Å². The summed E-state index contributed by atoms with van der Waals surface area (Å²) in [6.45, 7) is 4.09. The summed E-state index contributed by atoms with van der Waals surface area (Å²) in [6.07, 6.45) is 3.60. The van der Waals surface area contributed by atoms with Crippen molar-refractivity contribution in [1.29, 1.82) is 0 Å². The van der Waals surface area contributed by atoms with Crippen molar-refractivity contribution >= 4 is 50.3 Å². The quantitative estimate of drug-likeness (QED) is 0.496. The molecule has 0 unspecified atom stereocenters. The number of benzene rings is 1. The molecule has 3 rings (SSSR count). The fourth-order valence-electron chi connectivity index (χ4n) is 3.15. The van der Waals surface area contributed by atoms with Crippen molar-refractivity contribution in [2.75, 3.05) is 5.75 Å². The van der Waals surface area contributed by atoms with Crippen LogP contribution < -0.4 is 4.72 Å². The van der Waals surface area contributed by atoms with Crippen LogP contribution in [0, 0.1) is 6.92 Å². The number of hydrogen-bond acceptors (Lipinski definition) is 5. The molecule has 0 atom stereocenters. The molecular formula is C20H22Cl2N4O3S. The number of pyridine rings is 1. The molecular weight excluding hydrogens is 447 g/mol. The summed E-state index contributed by atoms with van der Waals surface area (Å²) >= 11 is 12.3. The number of carbonyl (C=O) groups is 1. The van der Waals surface area contributed by atoms with Crippen molar-refractivity contribution in [3.63, 3.8) is 0 Å². The van der Waals surface area contributed by atoms with Gasteiger partial charge in [-0.1, -0.05) is 49.0 Å². The standard InChI is InChI=1S/C20H22Cl2N4O3S/c1-3-4-5-10-30(28,29)25-20(27)16-8-9-23-19-18(16)26(13(2)24-19)12-14-6-7-15(21)11-17(14)22/h6-9,11H,3-5,10,12H2,1-2H3,(H,25,27). The van der Waals surface area contributed by atoms with Gasteiger partial charge in [-0.3, -0.25) is 4.79 Å². The molecule has 10 heteroatoms. The zero-order valence-corrected chi connectivity index (χ0v) is 19.0. The molecule has 0 saturated carbocycles. The Kier molecular flexibility index (Phi) is 7.00. The van der Waals surface area contributed by atoms with Gasteiger partial charge >= 0.3 is 0 Å². The zero-order chi connectivity index (χ0) is 21.9. The molecule has 2 aromatic heterocycles. The maximum atomic E-state index is 12.8. The van der Waals surface area contributed by atoms with E-state index < -0.39 is 15.9 Å². The molecule has 0 fully saturated rings. The predicted octanol–water partition coefficient (Wildman–Crippen LogP) is 4.34. The van der Waals surface area contributed by atoms with Crippen molar-refractivity contribution in [1.82, 2.24) is 19.3 Å². The Morgan fingerprint density at radius 3 is 2.67 bits per heavy atom. The number of nitrogens with one attached hydrogen (secondary N) is 1. The summed E-state index contributed by atoms with van der Waals surface area (Å²) in [5, 5.41) is 1.00. The summed E-state index contributed by atoms with van der Waals surface area (Å²) in [5.41, 5.74) is 1.77. The second-order valence-electron chi connectivity index (χ2n) is 6.97. The number of fused-ring (bicyclic) bond motifs is 1. The van der Waals surface area contributed by atoms with Crippen LogP contribution in [0.2, 0.25) is 10.0 Å². The minimum atomic E-state index is -3.73. The molecule has 0 aliphatic heterocycles. The molecule has 0 spiro atoms. The number of nitrogens with zero attached hydrogens (tertiary/aromatic N) is 3. The van der Waals surface area contributed by atoms with Gasteiger partial charge in [0.1, 0.15) is 11.3 Å². The van der Waals surface area contributed by atoms with Crippen molar-refractivity contribution in [2.45, 2.75) is 39.7 Å². The SMILES string of the molecule is CCCCCS(=O)(=O)NC(=O)c1ccnc2nc(C)n(Cc3ccc(Cl)cc3Cl)c12. The number of carbonyl (C=O) groups excluding carboxylic acids is 1. The third-order valence-electron chi connectivity index (χ3n) is 4.69. The second kappa shape index (κ2) is 9.32. The molecule has 0 aliphatic carbocycles. The molecule has 1 N–H and O–H groups in total. The minimum absolute atomic E-state index is 0.0977. The Hall–Kier alpha value is -2.16. The van der Waals surface area contributed by atoms with E-state index in [-0.39, 0.29) is 11.3 Å². The molecule has 7 nitrogen and oxygen atoms in total. The van der Waals surface area contributed by atoms with Crippen LogP contribution in [0.15, 0.2) is 30.5 Å². The summed E-state index contributed by atoms with van der Waals surface area (Å²) in [7, 11) is -3.73. The molecule has 0 saturated heterocycles. The highest BCUT2D eigenvalue weighted by molar-refractivity contribution is 7.90. The summed E-state index contributed by atoms with van der Waals surface area (Å²) in [6, 6.07) is 6.65. The summed E-state index contributed by atoms with van der Waals surface area (Å²) in [5.74, 6) is -0.184. The number of aryl methyl sites for hydroxylation is 1. The molecule has 2 heterocycles. The van der Waals surface area contributed by atoms with E-state index in [1.165, 1.54) is 12.3 Å². The third-order valence-corrected chi connectivity index (χ3v) is 6.60. The van der Waals surface area contributed by atoms with Gasteiger partial charge in [0.15, 0.2) is 5.65 Å². The first-order chi connectivity index (χ1) is 14.2. The average molecular weight is 469 g/mol. The lowest BCUT2D eigenvalue weighted by atomic mass is 10.2. The Morgan fingerprint density at radius 1 is 1.20 bits per heavy atom. The molecule has 1 aromatic carbocycles. The van der Waals surface area contributed by atoms with Crippen molar-refractivity contribution in [2.24, 2.45) is 0 Å². The minimum Gasteiger partial charge on any atom is -0.322 e. The molecule has 1 amide bonds. The van der Waals surface area contributed by atoms with E-state index in [1.807, 2.05) is 6.92 Å². The van der Waals surface area contributed by atoms with Crippen LogP contribution in [0.3, 0.4) is 0 Å². The van der Waals surface area contributed by atoms with E-state index >= 15 is 0 Å². The Labute approximate surface area is 185 Å². The highest BCUT2D eigenvalue weighted by Crippen LogP contribution is 2.25. The third kappa shape index (κ3) is 5.11. The van der Waals surface area contributed by atoms with E-state index in [0.29, 0.717) is 40.0 Å². The topological polar surface area (TPSA) is 93.9 Å². The fraction of sp³-hybridized carbons (Fsp3) is 0.350. The van der Waals surface area contributed by atoms with Crippen LogP contribution in [-0.4, -0.2) is 34.6 Å². The molecule has 3 aromatic rings. The van der Waals surface area contributed by atoms with Gasteiger partial charge in [-0.2, -0.15) is 0 Å². The first-order valence-corrected chi connectivity index (χ1v) is 11.9. The highest BCUT2D eigenvalue weighted by Gasteiger charge is 2.22. The van der Waals surface area contributed by atoms with Gasteiger partial charge in [0.2, 0.25) is 10.0 Å². The number of sulfonamides is 1. The van der Waals surface area contributed by atoms with Crippen molar-refractivity contribution in [3.05, 3.63) is 57.5 Å². The molecule has 0 aliphatic rings. The average Bonchev–Trinajstić information content (AvgIpc) is 2.99. The van der Waals surface area contributed by atoms with Crippen LogP contribution >= 0.6 is 23.2 Å². The number of unbranched alkanes of at least 4 members (excludes halogenated alkanes) is 2. The number of rotatable bonds is 8. The van der Waals surface area contributed by atoms with Crippen LogP contribution in [-0.2, 0) is 16.6 Å². The molecule has 160 valence electrons. The monoisotopic (exact) mass is 468 g/mol. The van der Waals surface area contributed by atoms with Gasteiger partial charge in [-0.05, 0) is 37.1 Å². The Bertz CT molecular complexity index is 1190. The van der Waals surface area contributed by atoms with Gasteiger partial charge in [-0.15, -0.1) is 0 Å². The maximum Gasteiger partial charge on any atom is 0.267 e. The number of imidazole rings is 1. The second-order valence-corrected chi connectivity index (χ2v) is 9.65. The lowest BCUT2D eigenvalue weighted by molar-refractivity contribution is 0.0982. The number of amides is 1. The van der Waals surface area contributed by atoms with E-state index in [2.05, 4.69) is 14.7 Å². The summed E-state index contributed by atoms with van der Waals surface area (Å²) in [4.78, 5) is 21.5. The van der Waals surface area contributed by atoms with Gasteiger partial charge in [-0.25, -0.2) is 23.1 Å². The van der Waals surface area contributed by atoms with Crippen LogP contribution in [0.5, 0.6) is 0 Å². The fourth-order valence-corrected chi connectivity index (χ4v) is 4.70. The lowest BCUT2D eigenvalue weighted by Gasteiger charge is -2.12. The van der Waals surface area contributed by atoms with Gasteiger partial charge in [0.05, 0.1) is 17.9 Å². The maximum absolute atomic E-state index is 12.8. The smallest absolute Gasteiger partial charge is 0.267 e. The van der Waals surface area contributed by atoms with Crippen molar-refractivity contribution < 1.29 is 13.2 Å². The van der Waals surface area contributed by atoms with E-state index in [0.717, 1.165) is 18.4 Å². The number of halogens is 2. The van der Waals surface area contributed by atoms with Gasteiger partial charge in [0.25, 0.3) is 5.91 Å². The largest absolute Gasteiger partial charge is 0.322 e. The normalized spacial score (nSPS) is 11.7. The molecule has 30 heavy (non-hydrogen) atoms. The van der Waals surface area contributed by atoms with E-state index in [4.69, 9.17) is 23.2 Å². The predicted molar refractivity (Wildman–Crippen MR) is 119 cm³/mol. The lowest BCUT2D eigenvalue weighted by Crippen LogP contribution is -2.33. The molecule has 0 bridgehead atoms. The Balaban J connectivity index is 1.97. The first kappa shape index (κ1) is 22.5. The van der Waals surface area contributed by atoms with Gasteiger partial charge < -0.3 is 4.57 Å². The first-order valence-electron chi connectivity index (χ1n) is 9.52. The van der Waals surface area contributed by atoms with Crippen molar-refractivity contribution in [3.8, 4) is 0 Å². The highest BCUT2D eigenvalue weighted by atomic mass is 35.5. The van der Waals surface area contributed by atoms with Crippen LogP contribution in [0.25, 0.3) is 11.2 Å². The summed E-state index contributed by atoms with van der Waals surface area (Å²) < 4.78 is 28.5. The number of hydrogen-bond donors (Lipinski definition) is 1. The van der Waals surface area contributed by atoms with Crippen LogP contribution in [0.4, 0.5) is 0 Å². The molecule has 0 radical (unpaired) electrons.